The lowest BCUT2D eigenvalue weighted by molar-refractivity contribution is -0.139. The van der Waals surface area contributed by atoms with Crippen molar-refractivity contribution in [2.45, 2.75) is 19.1 Å². The van der Waals surface area contributed by atoms with Gasteiger partial charge in [0.1, 0.15) is 17.4 Å². The molecule has 4 rings (SSSR count). The van der Waals surface area contributed by atoms with Crippen molar-refractivity contribution in [3.8, 4) is 11.1 Å². The first-order valence-electron chi connectivity index (χ1n) is 10.1. The van der Waals surface area contributed by atoms with Gasteiger partial charge in [-0.3, -0.25) is 0 Å². The molecule has 0 aliphatic heterocycles. The Morgan fingerprint density at radius 1 is 0.939 bits per heavy atom. The van der Waals surface area contributed by atoms with Crippen LogP contribution >= 0.6 is 0 Å². The van der Waals surface area contributed by atoms with Crippen LogP contribution in [0.25, 0.3) is 22.1 Å². The van der Waals surface area contributed by atoms with Gasteiger partial charge in [-0.2, -0.15) is 0 Å². The second kappa shape index (κ2) is 9.52. The predicted molar refractivity (Wildman–Crippen MR) is 116 cm³/mol. The SMILES string of the molecule is O=C(NC(Cc1ccccc1)C(=O)O)OCc1cc2cc(-c3ccc(F)c(F)c3)ccc2o1. The number of hydrogen-bond acceptors (Lipinski definition) is 4. The molecular weight excluding hydrogens is 432 g/mol. The normalized spacial score (nSPS) is 11.8. The minimum absolute atomic E-state index is 0.114. The van der Waals surface area contributed by atoms with Crippen LogP contribution in [-0.4, -0.2) is 23.2 Å². The Balaban J connectivity index is 1.40. The van der Waals surface area contributed by atoms with Crippen molar-refractivity contribution in [3.63, 3.8) is 0 Å². The summed E-state index contributed by atoms with van der Waals surface area (Å²) in [6.45, 7) is -0.210. The second-order valence-corrected chi connectivity index (χ2v) is 7.40. The van der Waals surface area contributed by atoms with E-state index in [2.05, 4.69) is 5.32 Å². The molecule has 0 aliphatic carbocycles. The smallest absolute Gasteiger partial charge is 0.408 e. The number of furan rings is 1. The molecule has 2 N–H and O–H groups in total. The van der Waals surface area contributed by atoms with Crippen molar-refractivity contribution in [2.75, 3.05) is 0 Å². The summed E-state index contributed by atoms with van der Waals surface area (Å²) in [5.41, 5.74) is 2.46. The van der Waals surface area contributed by atoms with Crippen molar-refractivity contribution >= 4 is 23.0 Å². The van der Waals surface area contributed by atoms with Crippen molar-refractivity contribution in [2.24, 2.45) is 0 Å². The summed E-state index contributed by atoms with van der Waals surface area (Å²) < 4.78 is 37.5. The first-order valence-corrected chi connectivity index (χ1v) is 10.1. The fourth-order valence-corrected chi connectivity index (χ4v) is 3.40. The third-order valence-electron chi connectivity index (χ3n) is 5.04. The number of carbonyl (C=O) groups excluding carboxylic acids is 1. The monoisotopic (exact) mass is 451 g/mol. The molecule has 0 aliphatic rings. The van der Waals surface area contributed by atoms with Crippen LogP contribution in [0.5, 0.6) is 0 Å². The Morgan fingerprint density at radius 3 is 2.39 bits per heavy atom. The van der Waals surface area contributed by atoms with E-state index < -0.39 is 29.7 Å². The van der Waals surface area contributed by atoms with Gasteiger partial charge < -0.3 is 19.6 Å². The molecule has 168 valence electrons. The number of carbonyl (C=O) groups is 2. The summed E-state index contributed by atoms with van der Waals surface area (Å²) in [4.78, 5) is 23.6. The molecule has 0 fully saturated rings. The summed E-state index contributed by atoms with van der Waals surface area (Å²) in [5.74, 6) is -2.69. The maximum absolute atomic E-state index is 13.5. The molecule has 6 nitrogen and oxygen atoms in total. The number of hydrogen-bond donors (Lipinski definition) is 2. The average molecular weight is 451 g/mol. The predicted octanol–water partition coefficient (Wildman–Crippen LogP) is 5.30. The first kappa shape index (κ1) is 22.0. The van der Waals surface area contributed by atoms with Crippen LogP contribution < -0.4 is 5.32 Å². The Labute approximate surface area is 187 Å². The molecule has 1 aromatic heterocycles. The minimum Gasteiger partial charge on any atom is -0.480 e. The van der Waals surface area contributed by atoms with Crippen LogP contribution in [0, 0.1) is 11.6 Å². The number of carboxylic acids is 1. The lowest BCUT2D eigenvalue weighted by Crippen LogP contribution is -2.42. The van der Waals surface area contributed by atoms with Gasteiger partial charge in [-0.15, -0.1) is 0 Å². The topological polar surface area (TPSA) is 88.8 Å². The van der Waals surface area contributed by atoms with E-state index in [9.17, 15) is 23.5 Å². The molecule has 4 aromatic rings. The number of fused-ring (bicyclic) bond motifs is 1. The molecule has 8 heteroatoms. The summed E-state index contributed by atoms with van der Waals surface area (Å²) in [5, 5.41) is 12.4. The van der Waals surface area contributed by atoms with E-state index in [1.165, 1.54) is 6.07 Å². The molecule has 3 aromatic carbocycles. The molecule has 1 atom stereocenters. The van der Waals surface area contributed by atoms with Crippen molar-refractivity contribution < 1.29 is 32.6 Å². The van der Waals surface area contributed by atoms with Gasteiger partial charge in [0.2, 0.25) is 0 Å². The highest BCUT2D eigenvalue weighted by atomic mass is 19.2. The number of nitrogens with one attached hydrogen (secondary N) is 1. The molecule has 0 radical (unpaired) electrons. The zero-order valence-corrected chi connectivity index (χ0v) is 17.3. The van der Waals surface area contributed by atoms with Crippen molar-refractivity contribution in [3.05, 3.63) is 95.8 Å². The molecule has 0 saturated carbocycles. The molecule has 1 unspecified atom stereocenters. The molecular formula is C25H19F2NO5. The van der Waals surface area contributed by atoms with Gasteiger partial charge in [0, 0.05) is 11.8 Å². The van der Waals surface area contributed by atoms with Crippen LogP contribution in [-0.2, 0) is 22.6 Å². The van der Waals surface area contributed by atoms with Gasteiger partial charge in [0.15, 0.2) is 18.2 Å². The van der Waals surface area contributed by atoms with E-state index in [-0.39, 0.29) is 13.0 Å². The number of aliphatic carboxylic acids is 1. The van der Waals surface area contributed by atoms with Gasteiger partial charge in [-0.25, -0.2) is 18.4 Å². The second-order valence-electron chi connectivity index (χ2n) is 7.40. The highest BCUT2D eigenvalue weighted by Gasteiger charge is 2.21. The summed E-state index contributed by atoms with van der Waals surface area (Å²) in [6, 6.07) is 18.2. The number of alkyl carbamates (subject to hydrolysis) is 1. The molecule has 0 saturated heterocycles. The van der Waals surface area contributed by atoms with E-state index in [1.54, 1.807) is 48.5 Å². The van der Waals surface area contributed by atoms with Crippen LogP contribution in [0.2, 0.25) is 0 Å². The van der Waals surface area contributed by atoms with Gasteiger partial charge in [-0.1, -0.05) is 42.5 Å². The molecule has 1 heterocycles. The maximum Gasteiger partial charge on any atom is 0.408 e. The zero-order chi connectivity index (χ0) is 23.4. The summed E-state index contributed by atoms with van der Waals surface area (Å²) >= 11 is 0. The fraction of sp³-hybridized carbons (Fsp3) is 0.120. The molecule has 1 amide bonds. The highest BCUT2D eigenvalue weighted by Crippen LogP contribution is 2.28. The van der Waals surface area contributed by atoms with Gasteiger partial charge in [0.05, 0.1) is 0 Å². The lowest BCUT2D eigenvalue weighted by atomic mass is 10.0. The van der Waals surface area contributed by atoms with Gasteiger partial charge in [0.25, 0.3) is 0 Å². The number of rotatable bonds is 7. The quantitative estimate of drug-likeness (QED) is 0.398. The number of amides is 1. The molecule has 0 bridgehead atoms. The average Bonchev–Trinajstić information content (AvgIpc) is 3.22. The maximum atomic E-state index is 13.5. The number of carboxylic acid groups (broad SMARTS) is 1. The molecule has 33 heavy (non-hydrogen) atoms. The number of ether oxygens (including phenoxy) is 1. The lowest BCUT2D eigenvalue weighted by Gasteiger charge is -2.14. The van der Waals surface area contributed by atoms with E-state index in [0.717, 1.165) is 17.7 Å². The van der Waals surface area contributed by atoms with E-state index in [4.69, 9.17) is 9.15 Å². The summed E-state index contributed by atoms with van der Waals surface area (Å²) in [6.07, 6.45) is -0.774. The van der Waals surface area contributed by atoms with E-state index >= 15 is 0 Å². The Kier molecular flexibility index (Phi) is 6.35. The largest absolute Gasteiger partial charge is 0.480 e. The van der Waals surface area contributed by atoms with Crippen LogP contribution in [0.4, 0.5) is 13.6 Å². The van der Waals surface area contributed by atoms with E-state index in [0.29, 0.717) is 27.9 Å². The van der Waals surface area contributed by atoms with Crippen LogP contribution in [0.3, 0.4) is 0 Å². The van der Waals surface area contributed by atoms with Crippen molar-refractivity contribution in [1.82, 2.24) is 5.32 Å². The number of benzene rings is 3. The molecule has 0 spiro atoms. The summed E-state index contributed by atoms with van der Waals surface area (Å²) in [7, 11) is 0. The third-order valence-corrected chi connectivity index (χ3v) is 5.04. The number of halogens is 2. The van der Waals surface area contributed by atoms with Crippen LogP contribution in [0.1, 0.15) is 11.3 Å². The minimum atomic E-state index is -1.18. The Hall–Kier alpha value is -4.20. The van der Waals surface area contributed by atoms with Crippen LogP contribution in [0.15, 0.2) is 77.2 Å². The zero-order valence-electron chi connectivity index (χ0n) is 17.3. The van der Waals surface area contributed by atoms with Crippen molar-refractivity contribution in [1.29, 1.82) is 0 Å². The van der Waals surface area contributed by atoms with E-state index in [1.807, 2.05) is 6.07 Å². The Bertz CT molecular complexity index is 1300. The van der Waals surface area contributed by atoms with Gasteiger partial charge in [-0.05, 0) is 47.0 Å². The fourth-order valence-electron chi connectivity index (χ4n) is 3.40. The third kappa shape index (κ3) is 5.35. The first-order chi connectivity index (χ1) is 15.9. The van der Waals surface area contributed by atoms with Gasteiger partial charge >= 0.3 is 12.1 Å². The Morgan fingerprint density at radius 2 is 1.67 bits per heavy atom. The highest BCUT2D eigenvalue weighted by molar-refractivity contribution is 5.84. The standard InChI is InChI=1S/C25H19F2NO5/c26-20-8-6-17(13-21(20)27)16-7-9-23-18(11-16)12-19(33-23)14-32-25(31)28-22(24(29)30)10-15-4-2-1-3-5-15/h1-9,11-13,22H,10,14H2,(H,28,31)(H,29,30).